The molecule has 0 aliphatic heterocycles. The highest BCUT2D eigenvalue weighted by molar-refractivity contribution is 5.94. The topological polar surface area (TPSA) is 138 Å². The first-order valence-corrected chi connectivity index (χ1v) is 7.68. The van der Waals surface area contributed by atoms with E-state index in [0.717, 1.165) is 0 Å². The van der Waals surface area contributed by atoms with Crippen LogP contribution in [0.4, 0.5) is 0 Å². The minimum absolute atomic E-state index is 0.132. The molecule has 10 nitrogen and oxygen atoms in total. The van der Waals surface area contributed by atoms with E-state index >= 15 is 0 Å². The number of benzene rings is 1. The van der Waals surface area contributed by atoms with Crippen LogP contribution in [0.1, 0.15) is 23.2 Å². The van der Waals surface area contributed by atoms with Crippen molar-refractivity contribution in [1.82, 2.24) is 25.1 Å². The fraction of sp³-hybridized carbons (Fsp3) is 0.312. The van der Waals surface area contributed by atoms with Crippen LogP contribution in [-0.2, 0) is 9.53 Å². The first-order chi connectivity index (χ1) is 12.7. The number of rotatable bonds is 8. The highest BCUT2D eigenvalue weighted by Crippen LogP contribution is 2.14. The molecule has 132 valence electrons. The molecule has 1 amide bonds. The summed E-state index contributed by atoms with van der Waals surface area (Å²) in [6.45, 7) is -0.134. The van der Waals surface area contributed by atoms with E-state index in [1.807, 2.05) is 12.1 Å². The summed E-state index contributed by atoms with van der Waals surface area (Å²) in [5.41, 5.74) is 0.619. The number of hydrogen-bond donors (Lipinski definition) is 0. The monoisotopic (exact) mass is 353 g/mol. The van der Waals surface area contributed by atoms with Crippen molar-refractivity contribution in [3.05, 3.63) is 36.2 Å². The van der Waals surface area contributed by atoms with E-state index < -0.39 is 18.5 Å². The lowest BCUT2D eigenvalue weighted by atomic mass is 10.2. The van der Waals surface area contributed by atoms with Crippen LogP contribution >= 0.6 is 0 Å². The van der Waals surface area contributed by atoms with Gasteiger partial charge in [-0.3, -0.25) is 4.79 Å². The molecule has 2 rings (SSSR count). The van der Waals surface area contributed by atoms with E-state index in [1.54, 1.807) is 18.2 Å². The van der Waals surface area contributed by atoms with Crippen molar-refractivity contribution in [2.75, 3.05) is 19.7 Å². The first kappa shape index (κ1) is 18.5. The van der Waals surface area contributed by atoms with E-state index in [4.69, 9.17) is 15.3 Å². The second kappa shape index (κ2) is 9.49. The summed E-state index contributed by atoms with van der Waals surface area (Å²) in [4.78, 5) is 25.9. The van der Waals surface area contributed by atoms with Crippen molar-refractivity contribution in [3.8, 4) is 17.8 Å². The van der Waals surface area contributed by atoms with Gasteiger partial charge in [0.25, 0.3) is 5.91 Å². The van der Waals surface area contributed by atoms with Gasteiger partial charge in [-0.1, -0.05) is 12.1 Å². The third kappa shape index (κ3) is 4.85. The zero-order valence-corrected chi connectivity index (χ0v) is 13.8. The molecule has 2 aromatic rings. The summed E-state index contributed by atoms with van der Waals surface area (Å²) in [6.07, 6.45) is 1.60. The Bertz CT molecular complexity index is 818. The largest absolute Gasteiger partial charge is 0.452 e. The van der Waals surface area contributed by atoms with Crippen LogP contribution in [0.15, 0.2) is 30.6 Å². The van der Waals surface area contributed by atoms with Crippen LogP contribution in [0, 0.1) is 22.7 Å². The molecule has 1 aromatic heterocycles. The molecule has 0 spiro atoms. The van der Waals surface area contributed by atoms with Crippen molar-refractivity contribution in [1.29, 1.82) is 10.5 Å². The predicted octanol–water partition coefficient (Wildman–Crippen LogP) is 0.475. The molecule has 26 heavy (non-hydrogen) atoms. The number of nitriles is 2. The van der Waals surface area contributed by atoms with Crippen molar-refractivity contribution < 1.29 is 14.3 Å². The molecule has 0 N–H and O–H groups in total. The molecule has 0 aliphatic rings. The van der Waals surface area contributed by atoms with Crippen LogP contribution in [0.2, 0.25) is 0 Å². The summed E-state index contributed by atoms with van der Waals surface area (Å²) in [7, 11) is 0. The molecular weight excluding hydrogens is 338 g/mol. The second-order valence-corrected chi connectivity index (χ2v) is 5.04. The average molecular weight is 353 g/mol. The highest BCUT2D eigenvalue weighted by atomic mass is 16.5. The molecule has 0 fully saturated rings. The molecule has 0 saturated heterocycles. The molecule has 0 bridgehead atoms. The Balaban J connectivity index is 2.03. The highest BCUT2D eigenvalue weighted by Gasteiger charge is 2.19. The van der Waals surface area contributed by atoms with E-state index in [9.17, 15) is 9.59 Å². The quantitative estimate of drug-likeness (QED) is 0.624. The Kier molecular flexibility index (Phi) is 6.77. The molecule has 0 saturated carbocycles. The third-order valence-corrected chi connectivity index (χ3v) is 3.39. The number of carbonyl (C=O) groups excluding carboxylic acids is 2. The first-order valence-electron chi connectivity index (χ1n) is 7.68. The molecule has 10 heteroatoms. The minimum Gasteiger partial charge on any atom is -0.452 e. The maximum Gasteiger partial charge on any atom is 0.340 e. The Morgan fingerprint density at radius 3 is 2.46 bits per heavy atom. The van der Waals surface area contributed by atoms with E-state index in [1.165, 1.54) is 22.0 Å². The number of para-hydroxylation sites is 1. The van der Waals surface area contributed by atoms with Gasteiger partial charge in [-0.05, 0) is 22.6 Å². The van der Waals surface area contributed by atoms with Gasteiger partial charge in [0, 0.05) is 13.1 Å². The second-order valence-electron chi connectivity index (χ2n) is 5.04. The normalized spacial score (nSPS) is 9.77. The van der Waals surface area contributed by atoms with Crippen molar-refractivity contribution >= 4 is 11.9 Å². The number of hydrogen-bond acceptors (Lipinski definition) is 8. The molecule has 0 radical (unpaired) electrons. The van der Waals surface area contributed by atoms with Crippen molar-refractivity contribution in [3.63, 3.8) is 0 Å². The summed E-state index contributed by atoms with van der Waals surface area (Å²) < 4.78 is 6.40. The summed E-state index contributed by atoms with van der Waals surface area (Å²) in [6, 6.07) is 10.4. The molecule has 1 heterocycles. The van der Waals surface area contributed by atoms with Gasteiger partial charge in [-0.15, -0.1) is 5.10 Å². The maximum atomic E-state index is 12.3. The lowest BCUT2D eigenvalue weighted by Crippen LogP contribution is -2.36. The lowest BCUT2D eigenvalue weighted by molar-refractivity contribution is -0.134. The Labute approximate surface area is 149 Å². The fourth-order valence-electron chi connectivity index (χ4n) is 2.15. The maximum absolute atomic E-state index is 12.3. The number of esters is 1. The number of carbonyl (C=O) groups is 2. The molecular formula is C16H15N7O3. The third-order valence-electron chi connectivity index (χ3n) is 3.39. The number of nitrogens with zero attached hydrogens (tertiary/aromatic N) is 7. The van der Waals surface area contributed by atoms with Gasteiger partial charge in [0.05, 0.1) is 36.2 Å². The number of amides is 1. The van der Waals surface area contributed by atoms with Crippen LogP contribution in [0.25, 0.3) is 5.69 Å². The average Bonchev–Trinajstić information content (AvgIpc) is 3.20. The molecule has 0 atom stereocenters. The Hall–Kier alpha value is -3.79. The van der Waals surface area contributed by atoms with Crippen molar-refractivity contribution in [2.24, 2.45) is 0 Å². The van der Waals surface area contributed by atoms with Crippen LogP contribution in [-0.4, -0.2) is 56.7 Å². The van der Waals surface area contributed by atoms with Crippen LogP contribution in [0.5, 0.6) is 0 Å². The van der Waals surface area contributed by atoms with E-state index in [-0.39, 0.29) is 31.5 Å². The van der Waals surface area contributed by atoms with Gasteiger partial charge >= 0.3 is 5.97 Å². The fourth-order valence-corrected chi connectivity index (χ4v) is 2.15. The smallest absolute Gasteiger partial charge is 0.340 e. The summed E-state index contributed by atoms with van der Waals surface area (Å²) >= 11 is 0. The van der Waals surface area contributed by atoms with Crippen molar-refractivity contribution in [2.45, 2.75) is 12.8 Å². The zero-order chi connectivity index (χ0) is 18.8. The number of aromatic nitrogens is 4. The number of ether oxygens (including phenoxy) is 1. The van der Waals surface area contributed by atoms with Gasteiger partial charge in [0.1, 0.15) is 6.33 Å². The van der Waals surface area contributed by atoms with Gasteiger partial charge in [-0.2, -0.15) is 15.2 Å². The lowest BCUT2D eigenvalue weighted by Gasteiger charge is -2.20. The Morgan fingerprint density at radius 2 is 1.85 bits per heavy atom. The summed E-state index contributed by atoms with van der Waals surface area (Å²) in [5, 5.41) is 28.1. The standard InChI is InChI=1S/C16H15N7O3/c17-7-3-9-22(10-4-8-18)15(24)11-26-16(25)13-5-1-2-6-14(13)23-12-19-20-21-23/h1-2,5-6,12H,3-4,9-11H2. The van der Waals surface area contributed by atoms with Gasteiger partial charge in [-0.25, -0.2) is 4.79 Å². The SMILES string of the molecule is N#CCCN(CCC#N)C(=O)COC(=O)c1ccccc1-n1cnnn1. The zero-order valence-electron chi connectivity index (χ0n) is 13.8. The van der Waals surface area contributed by atoms with E-state index in [0.29, 0.717) is 5.69 Å². The van der Waals surface area contributed by atoms with Crippen LogP contribution in [0.3, 0.4) is 0 Å². The number of tetrazole rings is 1. The van der Waals surface area contributed by atoms with E-state index in [2.05, 4.69) is 15.5 Å². The van der Waals surface area contributed by atoms with Gasteiger partial charge < -0.3 is 9.64 Å². The molecule has 1 aromatic carbocycles. The van der Waals surface area contributed by atoms with Gasteiger partial charge in [0.2, 0.25) is 0 Å². The van der Waals surface area contributed by atoms with Gasteiger partial charge in [0.15, 0.2) is 6.61 Å². The Morgan fingerprint density at radius 1 is 1.15 bits per heavy atom. The van der Waals surface area contributed by atoms with Crippen LogP contribution < -0.4 is 0 Å². The predicted molar refractivity (Wildman–Crippen MR) is 86.5 cm³/mol. The summed E-state index contributed by atoms with van der Waals surface area (Å²) in [5.74, 6) is -1.17. The molecule has 0 aliphatic carbocycles. The molecule has 0 unspecified atom stereocenters. The minimum atomic E-state index is -0.704.